The molecule has 1 aliphatic heterocycles. The molecule has 5 saturated carbocycles. The summed E-state index contributed by atoms with van der Waals surface area (Å²) in [4.78, 5) is 38.5. The number of ether oxygens (including phenoxy) is 1. The van der Waals surface area contributed by atoms with E-state index in [1.807, 2.05) is 0 Å². The lowest BCUT2D eigenvalue weighted by molar-refractivity contribution is -0.213. The SMILES string of the molecule is C[C@]12C[C@@H](O)C3C(C4CC5(C#N)C(C(=O)CC[C@]35C)C4=O)C1CC[C@@]21CCC(=O)O1. The summed E-state index contributed by atoms with van der Waals surface area (Å²) in [5, 5.41) is 21.9. The lowest BCUT2D eigenvalue weighted by Crippen LogP contribution is -2.65. The topological polar surface area (TPSA) is 104 Å². The minimum absolute atomic E-state index is 0.0488. The van der Waals surface area contributed by atoms with Crippen LogP contribution in [0.4, 0.5) is 0 Å². The molecular weight excluding hydrogens is 382 g/mol. The van der Waals surface area contributed by atoms with Gasteiger partial charge in [-0.15, -0.1) is 0 Å². The van der Waals surface area contributed by atoms with Gasteiger partial charge in [0.1, 0.15) is 17.2 Å². The van der Waals surface area contributed by atoms with Crippen LogP contribution in [0.2, 0.25) is 0 Å². The minimum Gasteiger partial charge on any atom is -0.458 e. The number of esters is 1. The van der Waals surface area contributed by atoms with Gasteiger partial charge in [0.25, 0.3) is 0 Å². The minimum atomic E-state index is -0.976. The Kier molecular flexibility index (Phi) is 3.39. The third-order valence-electron chi connectivity index (χ3n) is 11.0. The highest BCUT2D eigenvalue weighted by Gasteiger charge is 2.79. The number of fused-ring (bicyclic) bond motifs is 7. The monoisotopic (exact) mass is 411 g/mol. The maximum atomic E-state index is 13.6. The Balaban J connectivity index is 1.52. The predicted molar refractivity (Wildman–Crippen MR) is 103 cm³/mol. The standard InChI is InChI=1S/C24H29NO5/c1-21-6-4-14(26)19-20(29)12(9-23(19,21)11-25)17-13-3-7-24(8-5-16(28)30-24)22(13,2)10-15(27)18(17)21/h12-13,15,17-19,27H,3-10H2,1-2H3/t12?,13?,15-,17?,18?,19?,21-,22+,23?,24-/m1/s1. The van der Waals surface area contributed by atoms with E-state index in [1.54, 1.807) is 0 Å². The van der Waals surface area contributed by atoms with Crippen molar-refractivity contribution < 1.29 is 24.2 Å². The van der Waals surface area contributed by atoms with Crippen LogP contribution in [0.25, 0.3) is 0 Å². The number of rotatable bonds is 0. The Labute approximate surface area is 176 Å². The number of aliphatic hydroxyl groups is 1. The Morgan fingerprint density at radius 3 is 2.50 bits per heavy atom. The molecule has 1 heterocycles. The highest BCUT2D eigenvalue weighted by molar-refractivity contribution is 6.07. The summed E-state index contributed by atoms with van der Waals surface area (Å²) < 4.78 is 5.94. The maximum absolute atomic E-state index is 13.6. The first kappa shape index (κ1) is 19.0. The summed E-state index contributed by atoms with van der Waals surface area (Å²) in [6.07, 6.45) is 3.95. The highest BCUT2D eigenvalue weighted by atomic mass is 16.6. The zero-order valence-electron chi connectivity index (χ0n) is 17.6. The normalized spacial score (nSPS) is 58.4. The van der Waals surface area contributed by atoms with Gasteiger partial charge in [-0.05, 0) is 61.7 Å². The molecule has 6 fully saturated rings. The lowest BCUT2D eigenvalue weighted by atomic mass is 9.39. The molecule has 0 aromatic heterocycles. The highest BCUT2D eigenvalue weighted by Crippen LogP contribution is 2.76. The van der Waals surface area contributed by atoms with E-state index in [4.69, 9.17) is 4.74 Å². The second-order valence-electron chi connectivity index (χ2n) is 11.5. The largest absolute Gasteiger partial charge is 0.458 e. The lowest BCUT2D eigenvalue weighted by Gasteiger charge is -2.64. The second kappa shape index (κ2) is 5.35. The average molecular weight is 411 g/mol. The van der Waals surface area contributed by atoms with Crippen LogP contribution in [0.3, 0.4) is 0 Å². The Bertz CT molecular complexity index is 938. The second-order valence-corrected chi connectivity index (χ2v) is 11.5. The van der Waals surface area contributed by atoms with Gasteiger partial charge in [-0.1, -0.05) is 13.8 Å². The van der Waals surface area contributed by atoms with Crippen LogP contribution in [0.15, 0.2) is 0 Å². The van der Waals surface area contributed by atoms with Gasteiger partial charge in [-0.25, -0.2) is 0 Å². The van der Waals surface area contributed by atoms with Crippen molar-refractivity contribution in [2.75, 3.05) is 0 Å². The van der Waals surface area contributed by atoms with Gasteiger partial charge in [0.2, 0.25) is 0 Å². The van der Waals surface area contributed by atoms with Gasteiger partial charge in [0, 0.05) is 24.2 Å². The summed E-state index contributed by atoms with van der Waals surface area (Å²) >= 11 is 0. The summed E-state index contributed by atoms with van der Waals surface area (Å²) in [6, 6.07) is 2.47. The van der Waals surface area contributed by atoms with Gasteiger partial charge < -0.3 is 9.84 Å². The van der Waals surface area contributed by atoms with E-state index in [9.17, 15) is 24.8 Å². The number of nitrogens with zero attached hydrogens (tertiary/aromatic N) is 1. The summed E-state index contributed by atoms with van der Waals surface area (Å²) in [5.41, 5.74) is -2.44. The number of ketones is 2. The predicted octanol–water partition coefficient (Wildman–Crippen LogP) is 2.57. The number of Topliss-reactive ketones (excluding diaryl/α,β-unsaturated/α-hetero) is 2. The number of hydrogen-bond donors (Lipinski definition) is 1. The molecule has 6 rings (SSSR count). The fourth-order valence-corrected chi connectivity index (χ4v) is 9.73. The van der Waals surface area contributed by atoms with Crippen molar-refractivity contribution in [3.63, 3.8) is 0 Å². The van der Waals surface area contributed by atoms with Crippen LogP contribution in [-0.2, 0) is 19.1 Å². The molecule has 2 bridgehead atoms. The molecule has 1 N–H and O–H groups in total. The molecule has 0 aromatic rings. The zero-order chi connectivity index (χ0) is 21.3. The van der Waals surface area contributed by atoms with E-state index in [2.05, 4.69) is 19.9 Å². The molecule has 6 nitrogen and oxygen atoms in total. The number of hydrogen-bond acceptors (Lipinski definition) is 6. The molecule has 1 saturated heterocycles. The van der Waals surface area contributed by atoms with E-state index in [1.165, 1.54) is 0 Å². The smallest absolute Gasteiger partial charge is 0.306 e. The van der Waals surface area contributed by atoms with Crippen molar-refractivity contribution in [2.45, 2.75) is 76.9 Å². The number of carbonyl (C=O) groups is 3. The molecule has 6 aliphatic rings. The third kappa shape index (κ3) is 1.74. The molecule has 30 heavy (non-hydrogen) atoms. The van der Waals surface area contributed by atoms with Crippen LogP contribution >= 0.6 is 0 Å². The van der Waals surface area contributed by atoms with Crippen LogP contribution in [0.5, 0.6) is 0 Å². The van der Waals surface area contributed by atoms with Gasteiger partial charge in [-0.3, -0.25) is 14.4 Å². The Hall–Kier alpha value is -1.74. The van der Waals surface area contributed by atoms with Crippen LogP contribution in [0, 0.1) is 57.2 Å². The molecular formula is C24H29NO5. The van der Waals surface area contributed by atoms with E-state index in [-0.39, 0.29) is 46.6 Å². The van der Waals surface area contributed by atoms with Crippen LogP contribution in [-0.4, -0.2) is 34.3 Å². The number of nitriles is 1. The van der Waals surface area contributed by atoms with E-state index in [0.29, 0.717) is 38.5 Å². The quantitative estimate of drug-likeness (QED) is 0.485. The fraction of sp³-hybridized carbons (Fsp3) is 0.833. The average Bonchev–Trinajstić information content (AvgIpc) is 3.31. The van der Waals surface area contributed by atoms with E-state index >= 15 is 0 Å². The molecule has 10 atom stereocenters. The molecule has 0 radical (unpaired) electrons. The maximum Gasteiger partial charge on any atom is 0.306 e. The van der Waals surface area contributed by atoms with Crippen molar-refractivity contribution in [1.82, 2.24) is 0 Å². The summed E-state index contributed by atoms with van der Waals surface area (Å²) in [5.74, 6) is -1.52. The first-order chi connectivity index (χ1) is 14.1. The van der Waals surface area contributed by atoms with Crippen LogP contribution < -0.4 is 0 Å². The molecule has 160 valence electrons. The number of carbonyl (C=O) groups excluding carboxylic acids is 3. The van der Waals surface area contributed by atoms with Crippen molar-refractivity contribution >= 4 is 17.5 Å². The first-order valence-corrected chi connectivity index (χ1v) is 11.5. The van der Waals surface area contributed by atoms with Crippen molar-refractivity contribution in [1.29, 1.82) is 5.26 Å². The van der Waals surface area contributed by atoms with Crippen molar-refractivity contribution in [3.8, 4) is 6.07 Å². The molecule has 5 aliphatic carbocycles. The van der Waals surface area contributed by atoms with Gasteiger partial charge in [0.05, 0.1) is 23.5 Å². The zero-order valence-corrected chi connectivity index (χ0v) is 17.6. The molecule has 0 amide bonds. The van der Waals surface area contributed by atoms with Crippen molar-refractivity contribution in [2.24, 2.45) is 45.8 Å². The summed E-state index contributed by atoms with van der Waals surface area (Å²) in [6.45, 7) is 4.21. The van der Waals surface area contributed by atoms with Gasteiger partial charge in [0.15, 0.2) is 0 Å². The number of aliphatic hydroxyl groups excluding tert-OH is 1. The van der Waals surface area contributed by atoms with Gasteiger partial charge >= 0.3 is 5.97 Å². The first-order valence-electron chi connectivity index (χ1n) is 11.5. The van der Waals surface area contributed by atoms with Gasteiger partial charge in [-0.2, -0.15) is 5.26 Å². The third-order valence-corrected chi connectivity index (χ3v) is 11.0. The van der Waals surface area contributed by atoms with Crippen molar-refractivity contribution in [3.05, 3.63) is 0 Å². The molecule has 1 spiro atoms. The fourth-order valence-electron chi connectivity index (χ4n) is 9.73. The Morgan fingerprint density at radius 1 is 1.07 bits per heavy atom. The van der Waals surface area contributed by atoms with Crippen LogP contribution in [0.1, 0.15) is 65.2 Å². The Morgan fingerprint density at radius 2 is 1.83 bits per heavy atom. The van der Waals surface area contributed by atoms with E-state index < -0.39 is 28.5 Å². The van der Waals surface area contributed by atoms with E-state index in [0.717, 1.165) is 12.8 Å². The molecule has 6 heteroatoms. The molecule has 0 aromatic carbocycles. The summed E-state index contributed by atoms with van der Waals surface area (Å²) in [7, 11) is 0. The molecule has 6 unspecified atom stereocenters.